The maximum absolute atomic E-state index is 5.34. The quantitative estimate of drug-likeness (QED) is 0.463. The van der Waals surface area contributed by atoms with E-state index in [0.29, 0.717) is 5.92 Å². The Morgan fingerprint density at radius 1 is 1.56 bits per heavy atom. The summed E-state index contributed by atoms with van der Waals surface area (Å²) in [6.07, 6.45) is 7.86. The van der Waals surface area contributed by atoms with Gasteiger partial charge < -0.3 is 5.32 Å². The third-order valence-corrected chi connectivity index (χ3v) is 2.43. The van der Waals surface area contributed by atoms with Gasteiger partial charge >= 0.3 is 0 Å². The molecule has 1 heteroatoms. The first-order valence-electron chi connectivity index (χ1n) is 3.61. The molecule has 0 aromatic carbocycles. The Balaban J connectivity index is 2.02. The molecule has 0 aromatic heterocycles. The van der Waals surface area contributed by atoms with Crippen molar-refractivity contribution in [3.63, 3.8) is 0 Å². The Morgan fingerprint density at radius 3 is 3.11 bits per heavy atom. The van der Waals surface area contributed by atoms with Gasteiger partial charge in [0, 0.05) is 12.0 Å². The van der Waals surface area contributed by atoms with Gasteiger partial charge in [0.2, 0.25) is 0 Å². The minimum Gasteiger partial charge on any atom is -0.314 e. The van der Waals surface area contributed by atoms with Crippen LogP contribution in [0.15, 0.2) is 0 Å². The third-order valence-electron chi connectivity index (χ3n) is 2.43. The fraction of sp³-hybridized carbons (Fsp3) is 0.750. The topological polar surface area (TPSA) is 12.0 Å². The smallest absolute Gasteiger partial charge is 0.0255 e. The van der Waals surface area contributed by atoms with Gasteiger partial charge in [-0.15, -0.1) is 12.3 Å². The van der Waals surface area contributed by atoms with Gasteiger partial charge in [0.25, 0.3) is 0 Å². The average molecular weight is 121 g/mol. The van der Waals surface area contributed by atoms with Crippen LogP contribution >= 0.6 is 0 Å². The molecule has 2 rings (SSSR count). The van der Waals surface area contributed by atoms with Crippen molar-refractivity contribution >= 4 is 0 Å². The van der Waals surface area contributed by atoms with Crippen molar-refractivity contribution in [2.75, 3.05) is 6.54 Å². The third kappa shape index (κ3) is 0.746. The molecule has 3 atom stereocenters. The summed E-state index contributed by atoms with van der Waals surface area (Å²) in [6, 6.07) is 0.791. The van der Waals surface area contributed by atoms with E-state index in [1.165, 1.54) is 12.8 Å². The fourth-order valence-corrected chi connectivity index (χ4v) is 1.74. The Labute approximate surface area is 55.8 Å². The molecular weight excluding hydrogens is 110 g/mol. The van der Waals surface area contributed by atoms with Gasteiger partial charge in [0.15, 0.2) is 0 Å². The highest BCUT2D eigenvalue weighted by Gasteiger charge is 2.44. The molecule has 2 fully saturated rings. The summed E-state index contributed by atoms with van der Waals surface area (Å²) in [7, 11) is 0. The van der Waals surface area contributed by atoms with Crippen molar-refractivity contribution in [3.05, 3.63) is 0 Å². The Morgan fingerprint density at radius 2 is 2.44 bits per heavy atom. The summed E-state index contributed by atoms with van der Waals surface area (Å²) in [6.45, 7) is 1.13. The maximum atomic E-state index is 5.34. The summed E-state index contributed by atoms with van der Waals surface area (Å²) >= 11 is 0. The first-order chi connectivity index (χ1) is 4.42. The predicted molar refractivity (Wildman–Crippen MR) is 36.8 cm³/mol. The molecule has 1 aliphatic carbocycles. The predicted octanol–water partition coefficient (Wildman–Crippen LogP) is 0.618. The first-order valence-corrected chi connectivity index (χ1v) is 3.61. The number of hydrogen-bond acceptors (Lipinski definition) is 1. The molecule has 1 saturated heterocycles. The highest BCUT2D eigenvalue weighted by atomic mass is 15.0. The normalized spacial score (nSPS) is 47.2. The van der Waals surface area contributed by atoms with Crippen LogP contribution in [0.3, 0.4) is 0 Å². The lowest BCUT2D eigenvalue weighted by atomic mass is 9.98. The molecule has 1 heterocycles. The van der Waals surface area contributed by atoms with E-state index in [9.17, 15) is 0 Å². The Kier molecular flexibility index (Phi) is 1.03. The molecule has 0 radical (unpaired) electrons. The highest BCUT2D eigenvalue weighted by molar-refractivity contribution is 5.10. The van der Waals surface area contributed by atoms with Crippen molar-refractivity contribution in [1.82, 2.24) is 5.32 Å². The highest BCUT2D eigenvalue weighted by Crippen LogP contribution is 2.41. The zero-order valence-electron chi connectivity index (χ0n) is 5.43. The molecule has 1 N–H and O–H groups in total. The lowest BCUT2D eigenvalue weighted by Crippen LogP contribution is -2.28. The molecule has 3 unspecified atom stereocenters. The number of fused-ring (bicyclic) bond motifs is 1. The number of hydrogen-bond donors (Lipinski definition) is 1. The van der Waals surface area contributed by atoms with Crippen LogP contribution in [0.1, 0.15) is 12.8 Å². The molecule has 9 heavy (non-hydrogen) atoms. The molecule has 1 aliphatic heterocycles. The second kappa shape index (κ2) is 1.75. The molecule has 1 nitrogen and oxygen atoms in total. The van der Waals surface area contributed by atoms with Crippen LogP contribution in [0.4, 0.5) is 0 Å². The minimum atomic E-state index is 0.594. The van der Waals surface area contributed by atoms with E-state index in [4.69, 9.17) is 6.42 Å². The molecule has 48 valence electrons. The molecule has 0 amide bonds. The van der Waals surface area contributed by atoms with E-state index in [-0.39, 0.29) is 0 Å². The lowest BCUT2D eigenvalue weighted by molar-refractivity contribution is 0.430. The number of rotatable bonds is 0. The van der Waals surface area contributed by atoms with Crippen LogP contribution in [0, 0.1) is 24.2 Å². The van der Waals surface area contributed by atoms with E-state index >= 15 is 0 Å². The van der Waals surface area contributed by atoms with Gasteiger partial charge in [-0.1, -0.05) is 0 Å². The van der Waals surface area contributed by atoms with E-state index in [1.807, 2.05) is 0 Å². The molecule has 1 saturated carbocycles. The van der Waals surface area contributed by atoms with Crippen molar-refractivity contribution in [2.45, 2.75) is 18.9 Å². The molecule has 2 aliphatic rings. The molecule has 0 bridgehead atoms. The zero-order valence-corrected chi connectivity index (χ0v) is 5.43. The summed E-state index contributed by atoms with van der Waals surface area (Å²) in [5.74, 6) is 4.29. The van der Waals surface area contributed by atoms with E-state index in [0.717, 1.165) is 18.5 Å². The van der Waals surface area contributed by atoms with Crippen molar-refractivity contribution < 1.29 is 0 Å². The van der Waals surface area contributed by atoms with E-state index in [1.54, 1.807) is 0 Å². The van der Waals surface area contributed by atoms with E-state index in [2.05, 4.69) is 11.2 Å². The second-order valence-electron chi connectivity index (χ2n) is 3.02. The second-order valence-corrected chi connectivity index (χ2v) is 3.02. The van der Waals surface area contributed by atoms with Gasteiger partial charge in [0.05, 0.1) is 0 Å². The van der Waals surface area contributed by atoms with Crippen LogP contribution in [0.25, 0.3) is 0 Å². The number of nitrogens with one attached hydrogen (secondary N) is 1. The van der Waals surface area contributed by atoms with Gasteiger partial charge in [-0.3, -0.25) is 0 Å². The standard InChI is InChI=1S/C8H11N/c1-2-6-3-4-9-8-5-7(6)8/h1,6-9H,3-5H2. The van der Waals surface area contributed by atoms with Crippen LogP contribution in [-0.4, -0.2) is 12.6 Å². The van der Waals surface area contributed by atoms with Gasteiger partial charge in [-0.05, 0) is 25.3 Å². The monoisotopic (exact) mass is 121 g/mol. The van der Waals surface area contributed by atoms with Crippen LogP contribution in [-0.2, 0) is 0 Å². The summed E-state index contributed by atoms with van der Waals surface area (Å²) in [4.78, 5) is 0. The van der Waals surface area contributed by atoms with Crippen molar-refractivity contribution in [1.29, 1.82) is 0 Å². The van der Waals surface area contributed by atoms with Crippen LogP contribution in [0.5, 0.6) is 0 Å². The van der Waals surface area contributed by atoms with Crippen LogP contribution < -0.4 is 5.32 Å². The summed E-state index contributed by atoms with van der Waals surface area (Å²) < 4.78 is 0. The van der Waals surface area contributed by atoms with Crippen molar-refractivity contribution in [2.24, 2.45) is 11.8 Å². The minimum absolute atomic E-state index is 0.594. The maximum Gasteiger partial charge on any atom is 0.0255 e. The van der Waals surface area contributed by atoms with Gasteiger partial charge in [-0.25, -0.2) is 0 Å². The Hall–Kier alpha value is -0.480. The van der Waals surface area contributed by atoms with Crippen LogP contribution in [0.2, 0.25) is 0 Å². The summed E-state index contributed by atoms with van der Waals surface area (Å²) in [5, 5.41) is 3.42. The SMILES string of the molecule is C#CC1CCNC2CC12. The largest absolute Gasteiger partial charge is 0.314 e. The van der Waals surface area contributed by atoms with Gasteiger partial charge in [0.1, 0.15) is 0 Å². The van der Waals surface area contributed by atoms with Crippen molar-refractivity contribution in [3.8, 4) is 12.3 Å². The number of piperidine rings is 1. The lowest BCUT2D eigenvalue weighted by Gasteiger charge is -2.16. The molecule has 0 aromatic rings. The Bertz CT molecular complexity index is 156. The van der Waals surface area contributed by atoms with Gasteiger partial charge in [-0.2, -0.15) is 0 Å². The first kappa shape index (κ1) is 5.32. The molecule has 0 spiro atoms. The van der Waals surface area contributed by atoms with E-state index < -0.39 is 0 Å². The zero-order chi connectivity index (χ0) is 6.27. The average Bonchev–Trinajstić information content (AvgIpc) is 2.64. The molecular formula is C8H11N. The number of terminal acetylenes is 1. The fourth-order valence-electron chi connectivity index (χ4n) is 1.74. The summed E-state index contributed by atoms with van der Waals surface area (Å²) in [5.41, 5.74) is 0.